The van der Waals surface area contributed by atoms with Crippen LogP contribution in [0.5, 0.6) is 0 Å². The zero-order valence-corrected chi connectivity index (χ0v) is 12.4. The van der Waals surface area contributed by atoms with Crippen molar-refractivity contribution in [2.75, 3.05) is 32.9 Å². The molecule has 0 fully saturated rings. The van der Waals surface area contributed by atoms with Crippen LogP contribution in [0.3, 0.4) is 0 Å². The molecule has 0 aliphatic rings. The molecule has 0 saturated heterocycles. The summed E-state index contributed by atoms with van der Waals surface area (Å²) in [5.41, 5.74) is 0. The summed E-state index contributed by atoms with van der Waals surface area (Å²) < 4.78 is 31.9. The van der Waals surface area contributed by atoms with Crippen LogP contribution < -0.4 is 0 Å². The summed E-state index contributed by atoms with van der Waals surface area (Å²) in [7, 11) is -1.27. The quantitative estimate of drug-likeness (QED) is 0.276. The Morgan fingerprint density at radius 3 is 2.47 bits per heavy atom. The molecule has 2 unspecified atom stereocenters. The minimum atomic E-state index is -4.50. The summed E-state index contributed by atoms with van der Waals surface area (Å²) in [6, 6.07) is 0. The zero-order valence-electron chi connectivity index (χ0n) is 11.6. The number of hydrogen-bond acceptors (Lipinski definition) is 5. The molecule has 1 N–H and O–H groups in total. The van der Waals surface area contributed by atoms with Gasteiger partial charge in [-0.1, -0.05) is 13.5 Å². The molecule has 0 radical (unpaired) electrons. The lowest BCUT2D eigenvalue weighted by atomic mass is 10.3. The molecule has 0 heterocycles. The van der Waals surface area contributed by atoms with Crippen LogP contribution >= 0.6 is 0 Å². The van der Waals surface area contributed by atoms with Crippen molar-refractivity contribution in [1.82, 2.24) is 5.01 Å². The monoisotopic (exact) mass is 294 g/mol. The second-order valence-electron chi connectivity index (χ2n) is 4.69. The molecule has 0 aliphatic carbocycles. The molecular weight excluding hydrogens is 272 g/mol. The summed E-state index contributed by atoms with van der Waals surface area (Å²) in [6.45, 7) is 5.77. The molecule has 0 aliphatic heterocycles. The molecule has 0 aromatic rings. The topological polar surface area (TPSA) is 97.7 Å². The number of aliphatic hydroxyl groups is 1. The lowest BCUT2D eigenvalue weighted by molar-refractivity contribution is -1.01. The Kier molecular flexibility index (Phi) is 6.64. The van der Waals surface area contributed by atoms with Gasteiger partial charge < -0.3 is 9.66 Å². The minimum Gasteiger partial charge on any atom is -0.748 e. The molecule has 0 aromatic carbocycles. The summed E-state index contributed by atoms with van der Waals surface area (Å²) in [4.78, 5) is 11.6. The maximum atomic E-state index is 11.6. The Labute approximate surface area is 114 Å². The van der Waals surface area contributed by atoms with Gasteiger partial charge in [-0.15, -0.1) is 0 Å². The molecule has 0 saturated carbocycles. The molecule has 7 nitrogen and oxygen atoms in total. The van der Waals surface area contributed by atoms with Crippen molar-refractivity contribution in [3.63, 3.8) is 0 Å². The summed E-state index contributed by atoms with van der Waals surface area (Å²) in [6.07, 6.45) is 0.546. The van der Waals surface area contributed by atoms with Gasteiger partial charge in [-0.2, -0.15) is 5.01 Å². The normalized spacial score (nSPS) is 16.5. The van der Waals surface area contributed by atoms with E-state index >= 15 is 0 Å². The molecule has 8 heteroatoms. The van der Waals surface area contributed by atoms with Crippen LogP contribution in [0.15, 0.2) is 12.7 Å². The van der Waals surface area contributed by atoms with Crippen LogP contribution in [0.2, 0.25) is 0 Å². The second-order valence-corrected chi connectivity index (χ2v) is 6.14. The third kappa shape index (κ3) is 6.15. The van der Waals surface area contributed by atoms with Gasteiger partial charge in [0.1, 0.15) is 19.2 Å². The van der Waals surface area contributed by atoms with Crippen molar-refractivity contribution < 1.29 is 27.5 Å². The highest BCUT2D eigenvalue weighted by molar-refractivity contribution is 7.85. The van der Waals surface area contributed by atoms with Crippen molar-refractivity contribution in [1.29, 1.82) is 0 Å². The van der Waals surface area contributed by atoms with E-state index in [4.69, 9.17) is 0 Å². The minimum absolute atomic E-state index is 0.0119. The fourth-order valence-corrected chi connectivity index (χ4v) is 2.53. The first-order valence-electron chi connectivity index (χ1n) is 5.92. The van der Waals surface area contributed by atoms with E-state index in [1.165, 1.54) is 12.1 Å². The van der Waals surface area contributed by atoms with Crippen molar-refractivity contribution in [3.8, 4) is 0 Å². The van der Waals surface area contributed by atoms with Gasteiger partial charge in [0.25, 0.3) is 5.91 Å². The average molecular weight is 294 g/mol. The van der Waals surface area contributed by atoms with Crippen LogP contribution in [0.4, 0.5) is 0 Å². The van der Waals surface area contributed by atoms with Gasteiger partial charge in [-0.25, -0.2) is 13.0 Å². The number of rotatable bonds is 8. The maximum Gasteiger partial charge on any atom is 0.290 e. The molecular formula is C11H22N2O5S. The molecule has 0 rings (SSSR count). The Morgan fingerprint density at radius 1 is 1.58 bits per heavy atom. The SMILES string of the molecule is C=CC(=O)N(C)[N+](C)(CCC)CC(O)CS(=O)(=O)[O-]. The van der Waals surface area contributed by atoms with E-state index in [2.05, 4.69) is 6.58 Å². The molecule has 0 bridgehead atoms. The van der Waals surface area contributed by atoms with Gasteiger partial charge in [0, 0.05) is 6.08 Å². The number of amides is 1. The standard InChI is InChI=1S/C11H22N2O5S/c1-5-7-13(4,12(3)11(15)6-2)8-10(14)9-19(16,17)18/h6,10,14H,2,5,7-9H2,1,3-4H3. The number of hydrogen-bond donors (Lipinski definition) is 1. The number of carbonyl (C=O) groups excluding carboxylic acids is 1. The van der Waals surface area contributed by atoms with E-state index in [9.17, 15) is 22.9 Å². The van der Waals surface area contributed by atoms with Crippen molar-refractivity contribution in [3.05, 3.63) is 12.7 Å². The smallest absolute Gasteiger partial charge is 0.290 e. The average Bonchev–Trinajstić information content (AvgIpc) is 2.24. The molecule has 2 atom stereocenters. The summed E-state index contributed by atoms with van der Waals surface area (Å²) >= 11 is 0. The van der Waals surface area contributed by atoms with E-state index in [0.29, 0.717) is 6.54 Å². The predicted molar refractivity (Wildman–Crippen MR) is 69.7 cm³/mol. The van der Waals surface area contributed by atoms with E-state index in [0.717, 1.165) is 12.5 Å². The van der Waals surface area contributed by atoms with Gasteiger partial charge in [0.2, 0.25) is 0 Å². The van der Waals surface area contributed by atoms with E-state index < -0.39 is 22.0 Å². The summed E-state index contributed by atoms with van der Waals surface area (Å²) in [5, 5.41) is 11.1. The fourth-order valence-electron chi connectivity index (χ4n) is 1.96. The number of aliphatic hydroxyl groups excluding tert-OH is 1. The number of likely N-dealkylation sites (N-methyl/N-ethyl adjacent to an activating group) is 2. The fraction of sp³-hybridized carbons (Fsp3) is 0.727. The largest absolute Gasteiger partial charge is 0.748 e. The van der Waals surface area contributed by atoms with Crippen molar-refractivity contribution in [2.24, 2.45) is 0 Å². The van der Waals surface area contributed by atoms with Crippen molar-refractivity contribution >= 4 is 16.0 Å². The van der Waals surface area contributed by atoms with E-state index in [1.54, 1.807) is 7.05 Å². The molecule has 19 heavy (non-hydrogen) atoms. The molecule has 0 spiro atoms. The highest BCUT2D eigenvalue weighted by Gasteiger charge is 2.33. The summed E-state index contributed by atoms with van der Waals surface area (Å²) in [5.74, 6) is -1.20. The van der Waals surface area contributed by atoms with Gasteiger partial charge in [0.15, 0.2) is 0 Å². The van der Waals surface area contributed by atoms with Gasteiger partial charge >= 0.3 is 0 Å². The van der Waals surface area contributed by atoms with Crippen LogP contribution in [0.1, 0.15) is 13.3 Å². The first-order chi connectivity index (χ1) is 8.55. The van der Waals surface area contributed by atoms with Gasteiger partial charge in [-0.05, 0) is 6.42 Å². The van der Waals surface area contributed by atoms with Crippen LogP contribution in [0, 0.1) is 0 Å². The van der Waals surface area contributed by atoms with E-state index in [1.807, 2.05) is 6.92 Å². The Bertz CT molecular complexity index is 423. The number of nitrogens with zero attached hydrogens (tertiary/aromatic N) is 2. The lowest BCUT2D eigenvalue weighted by Crippen LogP contribution is -2.61. The first kappa shape index (κ1) is 18.0. The van der Waals surface area contributed by atoms with Crippen LogP contribution in [-0.4, -0.2) is 72.6 Å². The highest BCUT2D eigenvalue weighted by Crippen LogP contribution is 2.12. The third-order valence-corrected chi connectivity index (χ3v) is 3.72. The maximum absolute atomic E-state index is 11.6. The van der Waals surface area contributed by atoms with Crippen molar-refractivity contribution in [2.45, 2.75) is 19.4 Å². The van der Waals surface area contributed by atoms with Gasteiger partial charge in [-0.3, -0.25) is 4.79 Å². The van der Waals surface area contributed by atoms with Crippen LogP contribution in [0.25, 0.3) is 0 Å². The Morgan fingerprint density at radius 2 is 2.11 bits per heavy atom. The van der Waals surface area contributed by atoms with Gasteiger partial charge in [0.05, 0.1) is 30.0 Å². The third-order valence-electron chi connectivity index (χ3n) is 2.92. The number of quaternary nitrogens is 1. The second kappa shape index (κ2) is 6.99. The molecule has 0 aromatic heterocycles. The zero-order chi connectivity index (χ0) is 15.3. The van der Waals surface area contributed by atoms with E-state index in [-0.39, 0.29) is 17.0 Å². The lowest BCUT2D eigenvalue weighted by Gasteiger charge is -2.41. The highest BCUT2D eigenvalue weighted by atomic mass is 32.2. The Balaban J connectivity index is 4.98. The molecule has 112 valence electrons. The number of carbonyl (C=O) groups is 1. The molecule has 1 amide bonds. The van der Waals surface area contributed by atoms with Crippen LogP contribution in [-0.2, 0) is 14.9 Å². The predicted octanol–water partition coefficient (Wildman–Crippen LogP) is -0.691. The Hall–Kier alpha value is -0.960. The first-order valence-corrected chi connectivity index (χ1v) is 7.50.